The van der Waals surface area contributed by atoms with E-state index in [-0.39, 0.29) is 42.0 Å². The molecule has 1 saturated heterocycles. The van der Waals surface area contributed by atoms with Crippen LogP contribution in [-0.4, -0.2) is 47.7 Å². The molecule has 5 rings (SSSR count). The van der Waals surface area contributed by atoms with Gasteiger partial charge in [0.25, 0.3) is 11.5 Å². The van der Waals surface area contributed by atoms with E-state index in [0.717, 1.165) is 37.5 Å². The number of carbonyl (C=O) groups excluding carboxylic acids is 1. The number of pyridine rings is 1. The minimum Gasteiger partial charge on any atom is -0.381 e. The monoisotopic (exact) mass is 546 g/mol. The lowest BCUT2D eigenvalue weighted by Crippen LogP contribution is -2.42. The molecule has 2 N–H and O–H groups in total. The molecule has 6 nitrogen and oxygen atoms in total. The molecule has 38 heavy (non-hydrogen) atoms. The number of nitrogens with one attached hydrogen (secondary N) is 2. The molecule has 3 fully saturated rings. The normalized spacial score (nSPS) is 25.0. The summed E-state index contributed by atoms with van der Waals surface area (Å²) >= 11 is 0. The van der Waals surface area contributed by atoms with E-state index in [2.05, 4.69) is 15.5 Å². The number of hydrogen-bond acceptors (Lipinski definition) is 4. The Morgan fingerprint density at radius 1 is 1.11 bits per heavy atom. The van der Waals surface area contributed by atoms with Crippen molar-refractivity contribution in [2.45, 2.75) is 49.7 Å². The summed E-state index contributed by atoms with van der Waals surface area (Å²) in [7, 11) is 1.95. The number of amides is 1. The van der Waals surface area contributed by atoms with Gasteiger partial charge in [-0.2, -0.15) is 26.3 Å². The summed E-state index contributed by atoms with van der Waals surface area (Å²) < 4.78 is 96.0. The zero-order valence-corrected chi connectivity index (χ0v) is 20.4. The van der Waals surface area contributed by atoms with Crippen molar-refractivity contribution in [1.29, 1.82) is 0 Å². The Bertz CT molecular complexity index is 1320. The number of fused-ring (bicyclic) bond motifs is 1. The van der Waals surface area contributed by atoms with Gasteiger partial charge in [-0.05, 0) is 44.7 Å². The second-order valence-electron chi connectivity index (χ2n) is 10.5. The molecular formula is C25H25F7N4O2. The van der Waals surface area contributed by atoms with Crippen LogP contribution in [0.2, 0.25) is 0 Å². The van der Waals surface area contributed by atoms with E-state index in [9.17, 15) is 40.3 Å². The predicted octanol–water partition coefficient (Wildman–Crippen LogP) is 4.52. The van der Waals surface area contributed by atoms with E-state index >= 15 is 0 Å². The minimum atomic E-state index is -4.96. The molecule has 2 saturated carbocycles. The van der Waals surface area contributed by atoms with Gasteiger partial charge >= 0.3 is 12.4 Å². The van der Waals surface area contributed by atoms with Crippen LogP contribution in [0.5, 0.6) is 0 Å². The first-order chi connectivity index (χ1) is 17.6. The molecule has 1 aromatic heterocycles. The Balaban J connectivity index is 1.48. The van der Waals surface area contributed by atoms with Crippen molar-refractivity contribution in [1.82, 2.24) is 14.8 Å². The Hall–Kier alpha value is -3.09. The molecule has 1 aliphatic heterocycles. The summed E-state index contributed by atoms with van der Waals surface area (Å²) in [5, 5.41) is 5.50. The number of carbonyl (C=O) groups is 1. The third-order valence-corrected chi connectivity index (χ3v) is 7.86. The fourth-order valence-corrected chi connectivity index (χ4v) is 5.53. The molecule has 0 unspecified atom stereocenters. The molecule has 1 aromatic carbocycles. The molecule has 4 atom stereocenters. The number of likely N-dealkylation sites (tertiary alicyclic amines) is 1. The van der Waals surface area contributed by atoms with Gasteiger partial charge in [-0.25, -0.2) is 4.39 Å². The van der Waals surface area contributed by atoms with Crippen LogP contribution in [0, 0.1) is 17.7 Å². The highest BCUT2D eigenvalue weighted by molar-refractivity contribution is 5.99. The molecule has 3 aliphatic rings. The SMILES string of the molecule is C[C@@H](NC(=O)c1cn(C2(C(F)(F)F)CC2)c(=O)cc1N[C@H]1[C@@H]2CN(C)C[C@@H]21)c1cccc(C(F)(F)F)c1F. The maximum Gasteiger partial charge on any atom is 0.419 e. The van der Waals surface area contributed by atoms with Crippen molar-refractivity contribution < 1.29 is 35.5 Å². The molecule has 0 radical (unpaired) electrons. The molecule has 13 heteroatoms. The zero-order chi connectivity index (χ0) is 27.8. The van der Waals surface area contributed by atoms with Crippen LogP contribution in [0.3, 0.4) is 0 Å². The number of halogens is 7. The first-order valence-electron chi connectivity index (χ1n) is 12.1. The van der Waals surface area contributed by atoms with Crippen molar-refractivity contribution in [2.75, 3.05) is 25.5 Å². The van der Waals surface area contributed by atoms with E-state index in [1.807, 2.05) is 7.05 Å². The van der Waals surface area contributed by atoms with Gasteiger partial charge in [-0.1, -0.05) is 12.1 Å². The summed E-state index contributed by atoms with van der Waals surface area (Å²) in [6, 6.07) is 2.27. The highest BCUT2D eigenvalue weighted by atomic mass is 19.4. The molecule has 0 bridgehead atoms. The van der Waals surface area contributed by atoms with Crippen molar-refractivity contribution >= 4 is 11.6 Å². The largest absolute Gasteiger partial charge is 0.419 e. The van der Waals surface area contributed by atoms with Crippen molar-refractivity contribution in [3.8, 4) is 0 Å². The number of benzene rings is 1. The fourth-order valence-electron chi connectivity index (χ4n) is 5.53. The molecule has 1 amide bonds. The van der Waals surface area contributed by atoms with Gasteiger partial charge in [0, 0.05) is 37.0 Å². The average molecular weight is 546 g/mol. The number of anilines is 1. The van der Waals surface area contributed by atoms with Gasteiger partial charge in [-0.15, -0.1) is 0 Å². The Kier molecular flexibility index (Phi) is 6.08. The van der Waals surface area contributed by atoms with E-state index in [0.29, 0.717) is 10.6 Å². The highest BCUT2D eigenvalue weighted by Crippen LogP contribution is 2.55. The molecular weight excluding hydrogens is 521 g/mol. The summed E-state index contributed by atoms with van der Waals surface area (Å²) in [5.41, 5.74) is -5.55. The van der Waals surface area contributed by atoms with Gasteiger partial charge in [-0.3, -0.25) is 14.2 Å². The van der Waals surface area contributed by atoms with E-state index in [1.54, 1.807) is 0 Å². The third kappa shape index (κ3) is 4.44. The number of nitrogens with zero attached hydrogens (tertiary/aromatic N) is 2. The molecule has 2 aliphatic carbocycles. The minimum absolute atomic E-state index is 0.0282. The van der Waals surface area contributed by atoms with Crippen LogP contribution >= 0.6 is 0 Å². The topological polar surface area (TPSA) is 66.4 Å². The maximum absolute atomic E-state index is 14.6. The number of piperidine rings is 1. The number of hydrogen-bond donors (Lipinski definition) is 2. The Labute approximate surface area is 212 Å². The van der Waals surface area contributed by atoms with Crippen LogP contribution < -0.4 is 16.2 Å². The Morgan fingerprint density at radius 2 is 1.74 bits per heavy atom. The van der Waals surface area contributed by atoms with Crippen molar-refractivity contribution in [3.63, 3.8) is 0 Å². The summed E-state index contributed by atoms with van der Waals surface area (Å²) in [4.78, 5) is 28.2. The van der Waals surface area contributed by atoms with Gasteiger partial charge in [0.15, 0.2) is 0 Å². The van der Waals surface area contributed by atoms with Crippen LogP contribution in [0.25, 0.3) is 0 Å². The molecule has 206 valence electrons. The lowest BCUT2D eigenvalue weighted by molar-refractivity contribution is -0.180. The fraction of sp³-hybridized carbons (Fsp3) is 0.520. The summed E-state index contributed by atoms with van der Waals surface area (Å²) in [6.07, 6.45) is -9.49. The first kappa shape index (κ1) is 26.5. The van der Waals surface area contributed by atoms with Crippen molar-refractivity contribution in [3.05, 3.63) is 63.3 Å². The standard InChI is InChI=1S/C25H25F7N4O2/c1-12(13-4-3-5-17(20(13)26)24(27,28)29)33-22(38)16-11-36(23(6-7-23)25(30,31)32)19(37)8-18(16)34-21-14-9-35(2)10-15(14)21/h3-5,8,11-12,14-15,21,34H,6-7,9-10H2,1-2H3,(H,33,38)/t12-,14-,15+,21+/m1/s1. The van der Waals surface area contributed by atoms with Crippen LogP contribution in [0.4, 0.5) is 36.4 Å². The summed E-state index contributed by atoms with van der Waals surface area (Å²) in [6.45, 7) is 2.83. The van der Waals surface area contributed by atoms with Crippen LogP contribution in [0.15, 0.2) is 35.3 Å². The number of rotatable bonds is 6. The third-order valence-electron chi connectivity index (χ3n) is 7.86. The second kappa shape index (κ2) is 8.72. The maximum atomic E-state index is 14.6. The Morgan fingerprint density at radius 3 is 2.29 bits per heavy atom. The molecule has 2 heterocycles. The number of alkyl halides is 6. The second-order valence-corrected chi connectivity index (χ2v) is 10.5. The van der Waals surface area contributed by atoms with Gasteiger partial charge in [0.05, 0.1) is 22.9 Å². The van der Waals surface area contributed by atoms with Crippen molar-refractivity contribution in [2.24, 2.45) is 11.8 Å². The van der Waals surface area contributed by atoms with Crippen LogP contribution in [0.1, 0.15) is 47.3 Å². The zero-order valence-electron chi connectivity index (χ0n) is 20.4. The lowest BCUT2D eigenvalue weighted by atomic mass is 10.0. The predicted molar refractivity (Wildman–Crippen MR) is 123 cm³/mol. The first-order valence-corrected chi connectivity index (χ1v) is 12.1. The van der Waals surface area contributed by atoms with E-state index in [1.165, 1.54) is 6.92 Å². The van der Waals surface area contributed by atoms with Gasteiger partial charge in [0.1, 0.15) is 11.4 Å². The van der Waals surface area contributed by atoms with Gasteiger partial charge < -0.3 is 15.5 Å². The van der Waals surface area contributed by atoms with E-state index in [4.69, 9.17) is 0 Å². The summed E-state index contributed by atoms with van der Waals surface area (Å²) in [5.74, 6) is -2.01. The average Bonchev–Trinajstić information content (AvgIpc) is 3.69. The molecule has 2 aromatic rings. The van der Waals surface area contributed by atoms with E-state index < -0.39 is 52.3 Å². The smallest absolute Gasteiger partial charge is 0.381 e. The number of aromatic nitrogens is 1. The van der Waals surface area contributed by atoms with Crippen LogP contribution in [-0.2, 0) is 11.7 Å². The lowest BCUT2D eigenvalue weighted by Gasteiger charge is -2.25. The van der Waals surface area contributed by atoms with Gasteiger partial charge in [0.2, 0.25) is 0 Å². The highest BCUT2D eigenvalue weighted by Gasteiger charge is 2.65. The quantitative estimate of drug-likeness (QED) is 0.523. The molecule has 0 spiro atoms.